The molecule has 10 heteroatoms. The van der Waals surface area contributed by atoms with E-state index >= 15 is 0 Å². The van der Waals surface area contributed by atoms with Crippen LogP contribution in [0.5, 0.6) is 0 Å². The molecular weight excluding hydrogens is 417 g/mol. The Morgan fingerprint density at radius 2 is 1.80 bits per heavy atom. The largest absolute Gasteiger partial charge is 0.405 e. The van der Waals surface area contributed by atoms with Gasteiger partial charge in [-0.2, -0.15) is 23.5 Å². The maximum atomic E-state index is 12.7. The van der Waals surface area contributed by atoms with Crippen LogP contribution < -0.4 is 5.32 Å². The molecule has 0 aliphatic heterocycles. The highest BCUT2D eigenvalue weighted by atomic mass is 35.5. The fraction of sp³-hybridized carbons (Fsp3) is 0.100. The van der Waals surface area contributed by atoms with Gasteiger partial charge in [0.1, 0.15) is 12.6 Å². The number of rotatable bonds is 4. The van der Waals surface area contributed by atoms with E-state index in [1.165, 1.54) is 0 Å². The summed E-state index contributed by atoms with van der Waals surface area (Å²) in [5.74, 6) is -0.243. The first-order valence-electron chi connectivity index (χ1n) is 8.67. The molecule has 0 spiro atoms. The lowest BCUT2D eigenvalue weighted by atomic mass is 10.0. The fourth-order valence-corrected chi connectivity index (χ4v) is 3.24. The Bertz CT molecular complexity index is 1260. The van der Waals surface area contributed by atoms with E-state index in [0.29, 0.717) is 33.1 Å². The SMILES string of the molecule is N#Cc1nc(-c2cc(Cl)c3[nH]ncc3c2)c(-c2ccccc2)nc1NCC(F)(F)F. The van der Waals surface area contributed by atoms with Gasteiger partial charge in [-0.25, -0.2) is 9.97 Å². The van der Waals surface area contributed by atoms with Crippen molar-refractivity contribution in [3.63, 3.8) is 0 Å². The number of alkyl halides is 3. The normalized spacial score (nSPS) is 11.4. The van der Waals surface area contributed by atoms with E-state index in [0.717, 1.165) is 5.39 Å². The molecule has 6 nitrogen and oxygen atoms in total. The number of nitrogens with zero attached hydrogens (tertiary/aromatic N) is 4. The lowest BCUT2D eigenvalue weighted by molar-refractivity contribution is -0.115. The van der Waals surface area contributed by atoms with Gasteiger partial charge in [0.2, 0.25) is 0 Å². The van der Waals surface area contributed by atoms with E-state index in [1.807, 2.05) is 6.07 Å². The number of hydrogen-bond acceptors (Lipinski definition) is 5. The van der Waals surface area contributed by atoms with E-state index in [2.05, 4.69) is 25.5 Å². The third kappa shape index (κ3) is 3.90. The monoisotopic (exact) mass is 428 g/mol. The van der Waals surface area contributed by atoms with Gasteiger partial charge in [0.25, 0.3) is 0 Å². The van der Waals surface area contributed by atoms with Gasteiger partial charge in [0.05, 0.1) is 28.1 Å². The molecule has 0 radical (unpaired) electrons. The molecule has 30 heavy (non-hydrogen) atoms. The van der Waals surface area contributed by atoms with E-state index < -0.39 is 12.7 Å². The molecule has 0 fully saturated rings. The predicted molar refractivity (Wildman–Crippen MR) is 107 cm³/mol. The molecule has 0 bridgehead atoms. The second-order valence-corrected chi connectivity index (χ2v) is 6.76. The van der Waals surface area contributed by atoms with Gasteiger partial charge < -0.3 is 5.32 Å². The van der Waals surface area contributed by atoms with Crippen LogP contribution in [0.2, 0.25) is 5.02 Å². The van der Waals surface area contributed by atoms with Crippen molar-refractivity contribution >= 4 is 28.3 Å². The molecule has 4 aromatic rings. The zero-order valence-electron chi connectivity index (χ0n) is 15.1. The summed E-state index contributed by atoms with van der Waals surface area (Å²) in [6, 6.07) is 14.1. The van der Waals surface area contributed by atoms with Gasteiger partial charge in [-0.15, -0.1) is 0 Å². The molecule has 0 atom stereocenters. The Morgan fingerprint density at radius 1 is 1.07 bits per heavy atom. The number of halogens is 4. The van der Waals surface area contributed by atoms with Crippen molar-refractivity contribution in [3.05, 3.63) is 59.4 Å². The third-order valence-corrected chi connectivity index (χ3v) is 4.58. The van der Waals surface area contributed by atoms with Crippen molar-refractivity contribution in [2.24, 2.45) is 0 Å². The van der Waals surface area contributed by atoms with Crippen molar-refractivity contribution < 1.29 is 13.2 Å². The smallest absolute Gasteiger partial charge is 0.359 e. The van der Waals surface area contributed by atoms with Crippen molar-refractivity contribution in [3.8, 4) is 28.6 Å². The van der Waals surface area contributed by atoms with Crippen molar-refractivity contribution in [1.29, 1.82) is 5.26 Å². The van der Waals surface area contributed by atoms with Crippen molar-refractivity contribution in [2.45, 2.75) is 6.18 Å². The van der Waals surface area contributed by atoms with Gasteiger partial charge in [0.15, 0.2) is 11.5 Å². The topological polar surface area (TPSA) is 90.3 Å². The van der Waals surface area contributed by atoms with Crippen molar-refractivity contribution in [2.75, 3.05) is 11.9 Å². The van der Waals surface area contributed by atoms with Crippen LogP contribution in [0.1, 0.15) is 5.69 Å². The van der Waals surface area contributed by atoms with Gasteiger partial charge in [-0.3, -0.25) is 5.10 Å². The number of aromatic nitrogens is 4. The number of hydrogen-bond donors (Lipinski definition) is 2. The Morgan fingerprint density at radius 3 is 2.50 bits per heavy atom. The summed E-state index contributed by atoms with van der Waals surface area (Å²) in [4.78, 5) is 8.66. The first kappa shape index (κ1) is 19.7. The molecular formula is C20H12ClF3N6. The lowest BCUT2D eigenvalue weighted by Gasteiger charge is -2.15. The lowest BCUT2D eigenvalue weighted by Crippen LogP contribution is -2.22. The van der Waals surface area contributed by atoms with Crippen LogP contribution >= 0.6 is 11.6 Å². The summed E-state index contributed by atoms with van der Waals surface area (Å²) in [6.07, 6.45) is -2.88. The molecule has 2 aromatic carbocycles. The number of nitrogens with one attached hydrogen (secondary N) is 2. The van der Waals surface area contributed by atoms with Crippen LogP contribution in [-0.2, 0) is 0 Å². The van der Waals surface area contributed by atoms with Gasteiger partial charge in [0, 0.05) is 16.5 Å². The van der Waals surface area contributed by atoms with Crippen LogP contribution in [-0.4, -0.2) is 32.9 Å². The summed E-state index contributed by atoms with van der Waals surface area (Å²) in [5, 5.41) is 19.5. The Balaban J connectivity index is 1.93. The number of nitriles is 1. The molecule has 0 aliphatic rings. The summed E-state index contributed by atoms with van der Waals surface area (Å²) in [6.45, 7) is -1.34. The average Bonchev–Trinajstić information content (AvgIpc) is 3.21. The quantitative estimate of drug-likeness (QED) is 0.467. The molecule has 2 aromatic heterocycles. The minimum Gasteiger partial charge on any atom is -0.359 e. The zero-order chi connectivity index (χ0) is 21.3. The van der Waals surface area contributed by atoms with Crippen LogP contribution in [0, 0.1) is 11.3 Å². The van der Waals surface area contributed by atoms with E-state index in [1.54, 1.807) is 48.7 Å². The second-order valence-electron chi connectivity index (χ2n) is 6.36. The summed E-state index contributed by atoms with van der Waals surface area (Å²) in [5.41, 5.74) is 2.21. The molecule has 150 valence electrons. The van der Waals surface area contributed by atoms with E-state index in [9.17, 15) is 18.4 Å². The molecule has 0 saturated carbocycles. The zero-order valence-corrected chi connectivity index (χ0v) is 15.9. The van der Waals surface area contributed by atoms with Gasteiger partial charge in [-0.1, -0.05) is 41.9 Å². The van der Waals surface area contributed by atoms with E-state index in [-0.39, 0.29) is 11.5 Å². The minimum absolute atomic E-state index is 0.243. The predicted octanol–water partition coefficient (Wildman–Crippen LogP) is 5.19. The standard InChI is InChI=1S/C20H12ClF3N6/c21-14-7-12(6-13-9-27-30-16(13)14)18-17(11-4-2-1-3-5-11)29-19(15(8-25)28-18)26-10-20(22,23)24/h1-7,9H,10H2,(H,26,29)(H,27,30). The maximum absolute atomic E-state index is 12.7. The number of benzene rings is 2. The van der Waals surface area contributed by atoms with Crippen molar-refractivity contribution in [1.82, 2.24) is 20.2 Å². The highest BCUT2D eigenvalue weighted by molar-refractivity contribution is 6.35. The first-order valence-corrected chi connectivity index (χ1v) is 9.04. The van der Waals surface area contributed by atoms with Gasteiger partial charge in [-0.05, 0) is 12.1 Å². The summed E-state index contributed by atoms with van der Waals surface area (Å²) < 4.78 is 38.1. The summed E-state index contributed by atoms with van der Waals surface area (Å²) in [7, 11) is 0. The van der Waals surface area contributed by atoms with Crippen LogP contribution in [0.4, 0.5) is 19.0 Å². The molecule has 0 unspecified atom stereocenters. The molecule has 0 amide bonds. The average molecular weight is 429 g/mol. The number of anilines is 1. The van der Waals surface area contributed by atoms with Gasteiger partial charge >= 0.3 is 6.18 Å². The van der Waals surface area contributed by atoms with Crippen LogP contribution in [0.3, 0.4) is 0 Å². The molecule has 0 aliphatic carbocycles. The fourth-order valence-electron chi connectivity index (χ4n) is 2.97. The minimum atomic E-state index is -4.47. The molecule has 0 saturated heterocycles. The molecule has 2 heterocycles. The maximum Gasteiger partial charge on any atom is 0.405 e. The number of fused-ring (bicyclic) bond motifs is 1. The third-order valence-electron chi connectivity index (χ3n) is 4.28. The second kappa shape index (κ2) is 7.65. The summed E-state index contributed by atoms with van der Waals surface area (Å²) >= 11 is 6.33. The first-order chi connectivity index (χ1) is 14.4. The molecule has 4 rings (SSSR count). The van der Waals surface area contributed by atoms with Crippen LogP contribution in [0.15, 0.2) is 48.7 Å². The van der Waals surface area contributed by atoms with Crippen LogP contribution in [0.25, 0.3) is 33.4 Å². The number of H-pyrrole nitrogens is 1. The highest BCUT2D eigenvalue weighted by Gasteiger charge is 2.28. The number of aromatic amines is 1. The Labute approximate surface area is 173 Å². The highest BCUT2D eigenvalue weighted by Crippen LogP contribution is 2.35. The van der Waals surface area contributed by atoms with E-state index in [4.69, 9.17) is 11.6 Å². The molecule has 2 N–H and O–H groups in total. The Hall–Kier alpha value is -3.64. The Kier molecular flexibility index (Phi) is 5.01.